The molecule has 0 aliphatic rings. The van der Waals surface area contributed by atoms with Crippen LogP contribution in [0.1, 0.15) is 463 Å². The van der Waals surface area contributed by atoms with E-state index in [1.54, 1.807) is 0 Å². The molecule has 0 aliphatic carbocycles. The molecule has 0 aromatic heterocycles. The van der Waals surface area contributed by atoms with Crippen LogP contribution in [0.2, 0.25) is 0 Å². The second-order valence-electron chi connectivity index (χ2n) is 25.6. The van der Waals surface area contributed by atoms with Crippen molar-refractivity contribution in [2.45, 2.75) is 463 Å². The van der Waals surface area contributed by atoms with Crippen LogP contribution in [0.25, 0.3) is 0 Å². The third-order valence-electron chi connectivity index (χ3n) is 17.5. The van der Waals surface area contributed by atoms with Crippen LogP contribution in [0.4, 0.5) is 0 Å². The van der Waals surface area contributed by atoms with Crippen molar-refractivity contribution < 1.29 is 19.8 Å². The van der Waals surface area contributed by atoms with Crippen LogP contribution in [-0.2, 0) is 9.59 Å². The second kappa shape index (κ2) is 80.3. The summed E-state index contributed by atoms with van der Waals surface area (Å²) in [6, 6.07) is 0. The van der Waals surface area contributed by atoms with Gasteiger partial charge in [-0.15, -0.1) is 0 Å². The van der Waals surface area contributed by atoms with Crippen LogP contribution in [0.15, 0.2) is 0 Å². The van der Waals surface area contributed by atoms with E-state index in [9.17, 15) is 19.8 Å². The molecule has 0 aromatic rings. The van der Waals surface area contributed by atoms with E-state index in [1.807, 2.05) is 0 Å². The fourth-order valence-corrected chi connectivity index (χ4v) is 12.0. The third kappa shape index (κ3) is 87.1. The van der Waals surface area contributed by atoms with E-state index < -0.39 is 11.9 Å². The van der Waals surface area contributed by atoms with Crippen LogP contribution < -0.4 is 10.2 Å². The largest absolute Gasteiger partial charge is 2.00 e. The van der Waals surface area contributed by atoms with Crippen LogP contribution in [0.3, 0.4) is 0 Å². The molecule has 0 saturated carbocycles. The average Bonchev–Trinajstić information content (AvgIpc) is 3.43. The topological polar surface area (TPSA) is 80.3 Å². The summed E-state index contributed by atoms with van der Waals surface area (Å²) in [5, 5.41) is 20.7. The quantitative estimate of drug-likeness (QED) is 0.0449. The normalized spacial score (nSPS) is 11.3. The van der Waals surface area contributed by atoms with Gasteiger partial charge in [-0.25, -0.2) is 0 Å². The predicted octanol–water partition coefficient (Wildman–Crippen LogP) is 24.4. The molecule has 0 spiro atoms. The zero-order chi connectivity index (χ0) is 56.7. The Balaban J connectivity index is -0.00000144. The van der Waals surface area contributed by atoms with Gasteiger partial charge in [0.15, 0.2) is 0 Å². The van der Waals surface area contributed by atoms with Crippen molar-refractivity contribution in [1.82, 2.24) is 0 Å². The first-order valence-electron chi connectivity index (χ1n) is 36.9. The molecule has 4 nitrogen and oxygen atoms in total. The van der Waals surface area contributed by atoms with Crippen LogP contribution in [0.5, 0.6) is 0 Å². The molecule has 0 saturated heterocycles. The molecule has 79 heavy (non-hydrogen) atoms. The standard InChI is InChI=1S/2C37H74O2.Ca/c2*1-2-3-4-5-6-7-8-9-10-11-12-13-14-15-16-17-18-19-20-21-22-23-24-25-26-27-28-29-30-31-32-33-34-35-36-37(38)39;/h2*2-36H2,1H3,(H,38,39);/q;;+2/p-2. The molecule has 0 aromatic carbocycles. The Morgan fingerprint density at radius 2 is 0.241 bits per heavy atom. The fraction of sp³-hybridized carbons (Fsp3) is 0.973. The van der Waals surface area contributed by atoms with Gasteiger partial charge in [-0.3, -0.25) is 0 Å². The van der Waals surface area contributed by atoms with Crippen LogP contribution in [0, 0.1) is 0 Å². The van der Waals surface area contributed by atoms with Crippen molar-refractivity contribution >= 4 is 49.7 Å². The zero-order valence-corrected chi connectivity index (χ0v) is 57.0. The van der Waals surface area contributed by atoms with Crippen molar-refractivity contribution in [2.75, 3.05) is 0 Å². The summed E-state index contributed by atoms with van der Waals surface area (Å²) in [6.07, 6.45) is 96.1. The Morgan fingerprint density at radius 3 is 0.316 bits per heavy atom. The molecule has 0 bridgehead atoms. The Morgan fingerprint density at radius 1 is 0.165 bits per heavy atom. The monoisotopic (exact) mass is 1140 g/mol. The predicted molar refractivity (Wildman–Crippen MR) is 350 cm³/mol. The zero-order valence-electron chi connectivity index (χ0n) is 54.8. The van der Waals surface area contributed by atoms with Gasteiger partial charge in [0.2, 0.25) is 0 Å². The van der Waals surface area contributed by atoms with Crippen LogP contribution in [-0.4, -0.2) is 49.7 Å². The van der Waals surface area contributed by atoms with E-state index in [4.69, 9.17) is 0 Å². The number of carboxylic acids is 2. The molecule has 0 radical (unpaired) electrons. The minimum atomic E-state index is -0.897. The number of hydrogen-bond donors (Lipinski definition) is 0. The molecule has 0 heterocycles. The average molecular weight is 1140 g/mol. The number of carbonyl (C=O) groups excluding carboxylic acids is 2. The molecular formula is C74H146CaO4. The molecule has 0 atom stereocenters. The van der Waals surface area contributed by atoms with E-state index >= 15 is 0 Å². The smallest absolute Gasteiger partial charge is 0.550 e. The van der Waals surface area contributed by atoms with Crippen molar-refractivity contribution in [2.24, 2.45) is 0 Å². The van der Waals surface area contributed by atoms with E-state index in [2.05, 4.69) is 13.8 Å². The number of unbranched alkanes of at least 4 members (excludes halogenated alkanes) is 66. The van der Waals surface area contributed by atoms with E-state index in [1.165, 1.54) is 411 Å². The van der Waals surface area contributed by atoms with E-state index in [-0.39, 0.29) is 50.6 Å². The maximum absolute atomic E-state index is 10.4. The van der Waals surface area contributed by atoms with E-state index in [0.29, 0.717) is 0 Å². The Bertz CT molecular complexity index is 983. The molecule has 468 valence electrons. The van der Waals surface area contributed by atoms with Crippen molar-refractivity contribution in [3.63, 3.8) is 0 Å². The molecule has 0 aliphatic heterocycles. The molecule has 0 fully saturated rings. The first-order valence-corrected chi connectivity index (χ1v) is 36.9. The molecule has 0 N–H and O–H groups in total. The Labute approximate surface area is 528 Å². The summed E-state index contributed by atoms with van der Waals surface area (Å²) < 4.78 is 0. The first-order chi connectivity index (χ1) is 38.5. The molecule has 0 amide bonds. The van der Waals surface area contributed by atoms with Gasteiger partial charge >= 0.3 is 37.7 Å². The van der Waals surface area contributed by atoms with Crippen LogP contribution >= 0.6 is 0 Å². The third-order valence-corrected chi connectivity index (χ3v) is 17.5. The number of aliphatic carboxylic acids is 2. The van der Waals surface area contributed by atoms with Crippen molar-refractivity contribution in [3.05, 3.63) is 0 Å². The van der Waals surface area contributed by atoms with Gasteiger partial charge in [0, 0.05) is 11.9 Å². The number of carbonyl (C=O) groups is 2. The first kappa shape index (κ1) is 83.4. The van der Waals surface area contributed by atoms with Crippen molar-refractivity contribution in [3.8, 4) is 0 Å². The Hall–Kier alpha value is 0.200. The van der Waals surface area contributed by atoms with Gasteiger partial charge in [0.25, 0.3) is 0 Å². The van der Waals surface area contributed by atoms with Gasteiger partial charge in [0.1, 0.15) is 0 Å². The van der Waals surface area contributed by atoms with Crippen molar-refractivity contribution in [1.29, 1.82) is 0 Å². The fourth-order valence-electron chi connectivity index (χ4n) is 12.0. The van der Waals surface area contributed by atoms with Gasteiger partial charge < -0.3 is 19.8 Å². The maximum atomic E-state index is 10.4. The molecule has 0 unspecified atom stereocenters. The maximum Gasteiger partial charge on any atom is 2.00 e. The van der Waals surface area contributed by atoms with Gasteiger partial charge in [-0.05, 0) is 25.7 Å². The summed E-state index contributed by atoms with van der Waals surface area (Å²) in [5.74, 6) is -1.79. The van der Waals surface area contributed by atoms with E-state index in [0.717, 1.165) is 25.7 Å². The molecular weight excluding hydrogens is 993 g/mol. The minimum Gasteiger partial charge on any atom is -0.550 e. The van der Waals surface area contributed by atoms with Gasteiger partial charge in [-0.1, -0.05) is 438 Å². The summed E-state index contributed by atoms with van der Waals surface area (Å²) in [6.45, 7) is 4.60. The molecule has 0 rings (SSSR count). The summed E-state index contributed by atoms with van der Waals surface area (Å²) in [5.41, 5.74) is 0. The minimum absolute atomic E-state index is 0. The SMILES string of the molecule is CCCCCCCCCCCCCCCCCCCCCCCCCCCCCCCCCCCCC(=O)[O-].CCCCCCCCCCCCCCCCCCCCCCCCCCCCCCCCCCCCC(=O)[O-].[Ca+2]. The van der Waals surface area contributed by atoms with Gasteiger partial charge in [0.05, 0.1) is 0 Å². The van der Waals surface area contributed by atoms with Gasteiger partial charge in [-0.2, -0.15) is 0 Å². The summed E-state index contributed by atoms with van der Waals surface area (Å²) >= 11 is 0. The number of carboxylic acid groups (broad SMARTS) is 2. The second-order valence-corrected chi connectivity index (χ2v) is 25.6. The number of hydrogen-bond acceptors (Lipinski definition) is 4. The number of rotatable bonds is 70. The molecule has 5 heteroatoms. The Kier molecular flexibility index (Phi) is 84.7. The summed E-state index contributed by atoms with van der Waals surface area (Å²) in [7, 11) is 0. The summed E-state index contributed by atoms with van der Waals surface area (Å²) in [4.78, 5) is 20.7.